The molecule has 1 atom stereocenters. The molecule has 0 spiro atoms. The quantitative estimate of drug-likeness (QED) is 0.920. The summed E-state index contributed by atoms with van der Waals surface area (Å²) in [6, 6.07) is 2.19. The molecule has 8 heteroatoms. The van der Waals surface area contributed by atoms with Crippen molar-refractivity contribution in [2.75, 3.05) is 6.54 Å². The van der Waals surface area contributed by atoms with Crippen LogP contribution in [-0.2, 0) is 14.8 Å². The first-order chi connectivity index (χ1) is 9.19. The van der Waals surface area contributed by atoms with Crippen LogP contribution in [0.1, 0.15) is 19.8 Å². The molecule has 0 aliphatic carbocycles. The fourth-order valence-electron chi connectivity index (χ4n) is 2.30. The van der Waals surface area contributed by atoms with Gasteiger partial charge in [0, 0.05) is 6.54 Å². The van der Waals surface area contributed by atoms with E-state index in [0.717, 1.165) is 10.4 Å². The van der Waals surface area contributed by atoms with E-state index in [2.05, 4.69) is 0 Å². The van der Waals surface area contributed by atoms with Gasteiger partial charge in [-0.25, -0.2) is 17.2 Å². The van der Waals surface area contributed by atoms with E-state index in [-0.39, 0.29) is 13.0 Å². The van der Waals surface area contributed by atoms with Crippen molar-refractivity contribution in [1.29, 1.82) is 0 Å². The van der Waals surface area contributed by atoms with Crippen molar-refractivity contribution >= 4 is 16.0 Å². The molecule has 0 saturated carbocycles. The third kappa shape index (κ3) is 2.18. The molecule has 0 bridgehead atoms. The molecule has 1 aromatic rings. The SMILES string of the molecule is CC1(C(=O)O)CCCN1S(=O)(=O)c1ccc(F)c(F)c1. The molecular formula is C12H13F2NO4S. The molecule has 1 saturated heterocycles. The molecule has 1 aliphatic rings. The van der Waals surface area contributed by atoms with E-state index in [0.29, 0.717) is 18.6 Å². The normalized spacial score (nSPS) is 23.9. The lowest BCUT2D eigenvalue weighted by atomic mass is 10.0. The van der Waals surface area contributed by atoms with E-state index in [1.165, 1.54) is 6.92 Å². The Morgan fingerprint density at radius 2 is 2.00 bits per heavy atom. The summed E-state index contributed by atoms with van der Waals surface area (Å²) >= 11 is 0. The molecule has 0 radical (unpaired) electrons. The summed E-state index contributed by atoms with van der Waals surface area (Å²) in [7, 11) is -4.18. The average molecular weight is 305 g/mol. The summed E-state index contributed by atoms with van der Waals surface area (Å²) in [5.41, 5.74) is -1.57. The van der Waals surface area contributed by atoms with Crippen LogP contribution < -0.4 is 0 Å². The predicted octanol–water partition coefficient (Wildman–Crippen LogP) is 1.59. The van der Waals surface area contributed by atoms with E-state index in [4.69, 9.17) is 0 Å². The van der Waals surface area contributed by atoms with Crippen LogP contribution in [0.3, 0.4) is 0 Å². The van der Waals surface area contributed by atoms with Gasteiger partial charge in [-0.2, -0.15) is 4.31 Å². The molecule has 1 aliphatic heterocycles. The van der Waals surface area contributed by atoms with Crippen LogP contribution in [0.2, 0.25) is 0 Å². The number of hydrogen-bond acceptors (Lipinski definition) is 3. The summed E-state index contributed by atoms with van der Waals surface area (Å²) in [5, 5.41) is 9.21. The number of carboxylic acid groups (broad SMARTS) is 1. The highest BCUT2D eigenvalue weighted by Crippen LogP contribution is 2.34. The molecular weight excluding hydrogens is 292 g/mol. The minimum absolute atomic E-state index is 0.0319. The van der Waals surface area contributed by atoms with Crippen LogP contribution in [-0.4, -0.2) is 35.9 Å². The van der Waals surface area contributed by atoms with Crippen LogP contribution in [0.15, 0.2) is 23.1 Å². The number of carboxylic acids is 1. The highest BCUT2D eigenvalue weighted by atomic mass is 32.2. The van der Waals surface area contributed by atoms with E-state index < -0.39 is 38.1 Å². The second kappa shape index (κ2) is 4.78. The monoisotopic (exact) mass is 305 g/mol. The maximum Gasteiger partial charge on any atom is 0.324 e. The fourth-order valence-corrected chi connectivity index (χ4v) is 4.12. The second-order valence-corrected chi connectivity index (χ2v) is 6.70. The van der Waals surface area contributed by atoms with Gasteiger partial charge in [-0.3, -0.25) is 4.79 Å². The van der Waals surface area contributed by atoms with Gasteiger partial charge in [0.1, 0.15) is 5.54 Å². The van der Waals surface area contributed by atoms with Crippen molar-refractivity contribution in [2.45, 2.75) is 30.2 Å². The Bertz CT molecular complexity index is 661. The first-order valence-electron chi connectivity index (χ1n) is 5.91. The Kier molecular flexibility index (Phi) is 3.55. The zero-order chi connectivity index (χ0) is 15.1. The topological polar surface area (TPSA) is 74.7 Å². The number of rotatable bonds is 3. The fraction of sp³-hybridized carbons (Fsp3) is 0.417. The molecule has 0 aromatic heterocycles. The molecule has 1 fully saturated rings. The van der Waals surface area contributed by atoms with Crippen molar-refractivity contribution in [1.82, 2.24) is 4.31 Å². The van der Waals surface area contributed by atoms with Gasteiger partial charge in [0.2, 0.25) is 10.0 Å². The number of benzene rings is 1. The third-order valence-corrected chi connectivity index (χ3v) is 5.53. The van der Waals surface area contributed by atoms with E-state index in [9.17, 15) is 27.1 Å². The molecule has 1 N–H and O–H groups in total. The summed E-state index contributed by atoms with van der Waals surface area (Å²) in [5.74, 6) is -3.71. The van der Waals surface area contributed by atoms with Crippen LogP contribution in [0, 0.1) is 11.6 Å². The van der Waals surface area contributed by atoms with Crippen molar-refractivity contribution < 1.29 is 27.1 Å². The predicted molar refractivity (Wildman–Crippen MR) is 65.5 cm³/mol. The summed E-state index contributed by atoms with van der Waals surface area (Å²) < 4.78 is 51.7. The lowest BCUT2D eigenvalue weighted by molar-refractivity contribution is -0.146. The van der Waals surface area contributed by atoms with Gasteiger partial charge < -0.3 is 5.11 Å². The van der Waals surface area contributed by atoms with Gasteiger partial charge in [0.05, 0.1) is 4.90 Å². The van der Waals surface area contributed by atoms with Gasteiger partial charge in [-0.1, -0.05) is 0 Å². The molecule has 1 aromatic carbocycles. The van der Waals surface area contributed by atoms with Crippen molar-refractivity contribution in [2.24, 2.45) is 0 Å². The summed E-state index contributed by atoms with van der Waals surface area (Å²) in [4.78, 5) is 10.8. The van der Waals surface area contributed by atoms with E-state index in [1.54, 1.807) is 0 Å². The average Bonchev–Trinajstić information content (AvgIpc) is 2.77. The van der Waals surface area contributed by atoms with Crippen molar-refractivity contribution in [3.8, 4) is 0 Å². The number of halogens is 2. The molecule has 2 rings (SSSR count). The zero-order valence-electron chi connectivity index (χ0n) is 10.6. The largest absolute Gasteiger partial charge is 0.480 e. The van der Waals surface area contributed by atoms with Crippen LogP contribution >= 0.6 is 0 Å². The summed E-state index contributed by atoms with van der Waals surface area (Å²) in [6.07, 6.45) is 0.566. The molecule has 5 nitrogen and oxygen atoms in total. The van der Waals surface area contributed by atoms with Gasteiger partial charge in [0.15, 0.2) is 11.6 Å². The number of sulfonamides is 1. The van der Waals surface area contributed by atoms with Gasteiger partial charge in [0.25, 0.3) is 0 Å². The molecule has 1 unspecified atom stereocenters. The number of hydrogen-bond donors (Lipinski definition) is 1. The summed E-state index contributed by atoms with van der Waals surface area (Å²) in [6.45, 7) is 1.34. The number of nitrogens with zero attached hydrogens (tertiary/aromatic N) is 1. The highest BCUT2D eigenvalue weighted by molar-refractivity contribution is 7.89. The first kappa shape index (κ1) is 14.9. The second-order valence-electron chi connectivity index (χ2n) is 4.84. The zero-order valence-corrected chi connectivity index (χ0v) is 11.5. The maximum atomic E-state index is 13.2. The first-order valence-corrected chi connectivity index (χ1v) is 7.35. The minimum atomic E-state index is -4.18. The Balaban J connectivity index is 2.49. The third-order valence-electron chi connectivity index (χ3n) is 3.52. The smallest absolute Gasteiger partial charge is 0.324 e. The Morgan fingerprint density at radius 3 is 2.55 bits per heavy atom. The van der Waals surface area contributed by atoms with Gasteiger partial charge >= 0.3 is 5.97 Å². The van der Waals surface area contributed by atoms with E-state index in [1.807, 2.05) is 0 Å². The van der Waals surface area contributed by atoms with Crippen LogP contribution in [0.25, 0.3) is 0 Å². The molecule has 20 heavy (non-hydrogen) atoms. The van der Waals surface area contributed by atoms with Gasteiger partial charge in [-0.15, -0.1) is 0 Å². The van der Waals surface area contributed by atoms with E-state index >= 15 is 0 Å². The van der Waals surface area contributed by atoms with Crippen molar-refractivity contribution in [3.05, 3.63) is 29.8 Å². The molecule has 110 valence electrons. The lowest BCUT2D eigenvalue weighted by Gasteiger charge is -2.30. The lowest BCUT2D eigenvalue weighted by Crippen LogP contribution is -2.50. The molecule has 0 amide bonds. The standard InChI is InChI=1S/C12H13F2NO4S/c1-12(11(16)17)5-2-6-15(12)20(18,19)8-3-4-9(13)10(14)7-8/h3-4,7H,2,5-6H2,1H3,(H,16,17). The maximum absolute atomic E-state index is 13.2. The minimum Gasteiger partial charge on any atom is -0.480 e. The van der Waals surface area contributed by atoms with Gasteiger partial charge in [-0.05, 0) is 38.0 Å². The number of aliphatic carboxylic acids is 1. The Hall–Kier alpha value is -1.54. The Labute approximate surface area is 114 Å². The highest BCUT2D eigenvalue weighted by Gasteiger charge is 2.49. The Morgan fingerprint density at radius 1 is 1.35 bits per heavy atom. The number of carbonyl (C=O) groups is 1. The molecule has 1 heterocycles. The van der Waals surface area contributed by atoms with Crippen LogP contribution in [0.5, 0.6) is 0 Å². The van der Waals surface area contributed by atoms with Crippen molar-refractivity contribution in [3.63, 3.8) is 0 Å². The van der Waals surface area contributed by atoms with Crippen LogP contribution in [0.4, 0.5) is 8.78 Å².